The molecule has 2 rings (SSSR count). The molecular formula is C22H38N4O2. The first-order valence-electron chi connectivity index (χ1n) is 10.7. The molecule has 1 unspecified atom stereocenters. The molecule has 6 nitrogen and oxygen atoms in total. The number of ether oxygens (including phenoxy) is 2. The van der Waals surface area contributed by atoms with E-state index in [1.165, 1.54) is 13.0 Å². The Morgan fingerprint density at radius 1 is 1.25 bits per heavy atom. The maximum atomic E-state index is 5.82. The Kier molecular flexibility index (Phi) is 10.1. The van der Waals surface area contributed by atoms with Gasteiger partial charge in [0.25, 0.3) is 0 Å². The third kappa shape index (κ3) is 6.99. The summed E-state index contributed by atoms with van der Waals surface area (Å²) in [6, 6.07) is 7.97. The van der Waals surface area contributed by atoms with Gasteiger partial charge in [-0.15, -0.1) is 0 Å². The highest BCUT2D eigenvalue weighted by Crippen LogP contribution is 2.19. The first-order chi connectivity index (χ1) is 13.7. The van der Waals surface area contributed by atoms with Crippen molar-refractivity contribution in [2.75, 3.05) is 59.5 Å². The van der Waals surface area contributed by atoms with Crippen molar-refractivity contribution in [3.63, 3.8) is 0 Å². The molecule has 0 aromatic heterocycles. The van der Waals surface area contributed by atoms with Crippen molar-refractivity contribution in [3.8, 4) is 5.75 Å². The van der Waals surface area contributed by atoms with Crippen molar-refractivity contribution in [1.82, 2.24) is 15.1 Å². The van der Waals surface area contributed by atoms with Crippen LogP contribution in [-0.4, -0.2) is 75.3 Å². The summed E-state index contributed by atoms with van der Waals surface area (Å²) in [6.45, 7) is 14.9. The molecule has 1 aromatic rings. The molecule has 0 radical (unpaired) electrons. The Hall–Kier alpha value is -1.79. The van der Waals surface area contributed by atoms with Gasteiger partial charge in [0.2, 0.25) is 0 Å². The lowest BCUT2D eigenvalue weighted by molar-refractivity contribution is 0.126. The quantitative estimate of drug-likeness (QED) is 0.358. The van der Waals surface area contributed by atoms with Crippen molar-refractivity contribution in [1.29, 1.82) is 0 Å². The van der Waals surface area contributed by atoms with Crippen molar-refractivity contribution in [3.05, 3.63) is 29.8 Å². The van der Waals surface area contributed by atoms with Crippen LogP contribution >= 0.6 is 0 Å². The smallest absolute Gasteiger partial charge is 0.194 e. The van der Waals surface area contributed by atoms with Crippen LogP contribution in [0.5, 0.6) is 5.75 Å². The molecule has 1 saturated heterocycles. The number of guanidine groups is 1. The summed E-state index contributed by atoms with van der Waals surface area (Å²) in [4.78, 5) is 9.70. The van der Waals surface area contributed by atoms with E-state index in [0.29, 0.717) is 19.8 Å². The van der Waals surface area contributed by atoms with Gasteiger partial charge in [-0.25, -0.2) is 0 Å². The van der Waals surface area contributed by atoms with Crippen molar-refractivity contribution in [2.45, 2.75) is 33.8 Å². The molecule has 1 atom stereocenters. The average molecular weight is 391 g/mol. The Morgan fingerprint density at radius 2 is 2.04 bits per heavy atom. The maximum Gasteiger partial charge on any atom is 0.194 e. The summed E-state index contributed by atoms with van der Waals surface area (Å²) in [5, 5.41) is 3.44. The van der Waals surface area contributed by atoms with Gasteiger partial charge in [0.1, 0.15) is 5.75 Å². The summed E-state index contributed by atoms with van der Waals surface area (Å²) >= 11 is 0. The molecule has 1 aromatic carbocycles. The summed E-state index contributed by atoms with van der Waals surface area (Å²) < 4.78 is 11.2. The van der Waals surface area contributed by atoms with Crippen molar-refractivity contribution in [2.24, 2.45) is 10.9 Å². The zero-order valence-corrected chi connectivity index (χ0v) is 18.1. The van der Waals surface area contributed by atoms with Gasteiger partial charge in [0, 0.05) is 31.7 Å². The lowest BCUT2D eigenvalue weighted by atomic mass is 10.1. The van der Waals surface area contributed by atoms with Gasteiger partial charge in [-0.05, 0) is 38.4 Å². The molecule has 28 heavy (non-hydrogen) atoms. The predicted octanol–water partition coefficient (Wildman–Crippen LogP) is 2.84. The summed E-state index contributed by atoms with van der Waals surface area (Å²) in [5.74, 6) is 2.62. The van der Waals surface area contributed by atoms with Crippen LogP contribution in [0.4, 0.5) is 0 Å². The van der Waals surface area contributed by atoms with Crippen LogP contribution in [0.3, 0.4) is 0 Å². The number of methoxy groups -OCH3 is 1. The lowest BCUT2D eigenvalue weighted by Crippen LogP contribution is -2.41. The van der Waals surface area contributed by atoms with Gasteiger partial charge in [-0.1, -0.05) is 32.0 Å². The first-order valence-corrected chi connectivity index (χ1v) is 10.7. The molecule has 1 N–H and O–H groups in total. The van der Waals surface area contributed by atoms with Crippen LogP contribution in [0.25, 0.3) is 0 Å². The molecule has 0 bridgehead atoms. The van der Waals surface area contributed by atoms with Crippen LogP contribution in [0.2, 0.25) is 0 Å². The number of aliphatic imine (C=N–C) groups is 1. The van der Waals surface area contributed by atoms with Gasteiger partial charge in [-0.3, -0.25) is 4.99 Å². The van der Waals surface area contributed by atoms with Crippen molar-refractivity contribution < 1.29 is 9.47 Å². The highest BCUT2D eigenvalue weighted by Gasteiger charge is 2.25. The Morgan fingerprint density at radius 3 is 2.75 bits per heavy atom. The summed E-state index contributed by atoms with van der Waals surface area (Å²) in [7, 11) is 1.69. The molecule has 0 spiro atoms. The van der Waals surface area contributed by atoms with E-state index in [9.17, 15) is 0 Å². The van der Waals surface area contributed by atoms with Gasteiger partial charge in [0.15, 0.2) is 5.96 Å². The molecule has 6 heteroatoms. The molecule has 1 fully saturated rings. The van der Waals surface area contributed by atoms with Crippen LogP contribution in [-0.2, 0) is 11.3 Å². The van der Waals surface area contributed by atoms with E-state index < -0.39 is 0 Å². The summed E-state index contributed by atoms with van der Waals surface area (Å²) in [6.07, 6.45) is 1.24. The van der Waals surface area contributed by atoms with Gasteiger partial charge < -0.3 is 24.6 Å². The zero-order chi connectivity index (χ0) is 20.2. The number of likely N-dealkylation sites (tertiary alicyclic amines) is 1. The SMILES string of the molecule is CCNC(=NCCOCc1ccccc1OC)N1CCC(CN(CC)CC)C1. The fourth-order valence-corrected chi connectivity index (χ4v) is 3.67. The average Bonchev–Trinajstić information content (AvgIpc) is 3.19. The fourth-order valence-electron chi connectivity index (χ4n) is 3.67. The molecular weight excluding hydrogens is 352 g/mol. The molecule has 1 aliphatic rings. The number of hydrogen-bond donors (Lipinski definition) is 1. The van der Waals surface area contributed by atoms with E-state index in [4.69, 9.17) is 14.5 Å². The van der Waals surface area contributed by atoms with Gasteiger partial charge in [-0.2, -0.15) is 0 Å². The van der Waals surface area contributed by atoms with E-state index in [0.717, 1.165) is 55.9 Å². The predicted molar refractivity (Wildman–Crippen MR) is 116 cm³/mol. The van der Waals surface area contributed by atoms with Crippen LogP contribution in [0.1, 0.15) is 32.8 Å². The minimum atomic E-state index is 0.547. The van der Waals surface area contributed by atoms with E-state index >= 15 is 0 Å². The Labute approximate surface area is 170 Å². The maximum absolute atomic E-state index is 5.82. The van der Waals surface area contributed by atoms with Gasteiger partial charge >= 0.3 is 0 Å². The Bertz CT molecular complexity index is 590. The summed E-state index contributed by atoms with van der Waals surface area (Å²) in [5.41, 5.74) is 1.07. The van der Waals surface area contributed by atoms with Crippen LogP contribution in [0, 0.1) is 5.92 Å². The van der Waals surface area contributed by atoms with E-state index in [1.807, 2.05) is 24.3 Å². The highest BCUT2D eigenvalue weighted by molar-refractivity contribution is 5.80. The number of nitrogens with zero attached hydrogens (tertiary/aromatic N) is 3. The van der Waals surface area contributed by atoms with E-state index in [-0.39, 0.29) is 0 Å². The zero-order valence-electron chi connectivity index (χ0n) is 18.1. The van der Waals surface area contributed by atoms with E-state index in [1.54, 1.807) is 7.11 Å². The molecule has 1 heterocycles. The Balaban J connectivity index is 1.79. The van der Waals surface area contributed by atoms with Crippen LogP contribution in [0.15, 0.2) is 29.3 Å². The molecule has 0 amide bonds. The minimum absolute atomic E-state index is 0.547. The molecule has 158 valence electrons. The first kappa shape index (κ1) is 22.5. The monoisotopic (exact) mass is 390 g/mol. The van der Waals surface area contributed by atoms with E-state index in [2.05, 4.69) is 35.9 Å². The second kappa shape index (κ2) is 12.6. The number of nitrogens with one attached hydrogen (secondary N) is 1. The standard InChI is InChI=1S/C22H38N4O2/c1-5-23-22(26-14-12-19(17-26)16-25(6-2)7-3)24-13-15-28-18-20-10-8-9-11-21(20)27-4/h8-11,19H,5-7,12-18H2,1-4H3,(H,23,24). The molecule has 0 saturated carbocycles. The second-order valence-corrected chi connectivity index (χ2v) is 7.19. The number of benzene rings is 1. The minimum Gasteiger partial charge on any atom is -0.496 e. The number of rotatable bonds is 11. The highest BCUT2D eigenvalue weighted by atomic mass is 16.5. The second-order valence-electron chi connectivity index (χ2n) is 7.19. The topological polar surface area (TPSA) is 49.3 Å². The molecule has 1 aliphatic heterocycles. The normalized spacial score (nSPS) is 17.4. The number of hydrogen-bond acceptors (Lipinski definition) is 4. The fraction of sp³-hybridized carbons (Fsp3) is 0.682. The number of para-hydroxylation sites is 1. The largest absolute Gasteiger partial charge is 0.496 e. The third-order valence-electron chi connectivity index (χ3n) is 5.28. The molecule has 0 aliphatic carbocycles. The van der Waals surface area contributed by atoms with Crippen LogP contribution < -0.4 is 10.1 Å². The third-order valence-corrected chi connectivity index (χ3v) is 5.28. The van der Waals surface area contributed by atoms with Gasteiger partial charge in [0.05, 0.1) is 26.9 Å². The van der Waals surface area contributed by atoms with Crippen molar-refractivity contribution >= 4 is 5.96 Å². The lowest BCUT2D eigenvalue weighted by Gasteiger charge is -2.24.